The third-order valence-corrected chi connectivity index (χ3v) is 5.75. The highest BCUT2D eigenvalue weighted by Gasteiger charge is 2.46. The number of pyridine rings is 2. The van der Waals surface area contributed by atoms with Crippen LogP contribution in [0.25, 0.3) is 0 Å². The van der Waals surface area contributed by atoms with Gasteiger partial charge in [-0.2, -0.15) is 0 Å². The maximum atomic E-state index is 13.4. The van der Waals surface area contributed by atoms with Crippen molar-refractivity contribution in [1.82, 2.24) is 9.97 Å². The van der Waals surface area contributed by atoms with E-state index in [0.29, 0.717) is 35.6 Å². The van der Waals surface area contributed by atoms with Gasteiger partial charge in [0.25, 0.3) is 0 Å². The summed E-state index contributed by atoms with van der Waals surface area (Å²) in [6.45, 7) is 7.96. The van der Waals surface area contributed by atoms with Gasteiger partial charge in [0.05, 0.1) is 5.92 Å². The first-order valence-corrected chi connectivity index (χ1v) is 10.2. The monoisotopic (exact) mass is 402 g/mol. The van der Waals surface area contributed by atoms with Crippen molar-refractivity contribution in [3.05, 3.63) is 65.3 Å². The molecule has 2 aliphatic rings. The standard InChI is InChI=1S/C24H26N4O2/c1-14-8-9-19(26-13-14)28-23(30)20-15(2)27-17-11-24(3,4)12-18(29)21(17)22(20)16-7-5-6-10-25-16/h5-10,13,20,22H,11-12H2,1-4H3,(H,26,28,30)/t20?,22-/m0/s1. The fourth-order valence-corrected chi connectivity index (χ4v) is 4.41. The average molecular weight is 402 g/mol. The third kappa shape index (κ3) is 3.82. The Balaban J connectivity index is 1.77. The average Bonchev–Trinajstić information content (AvgIpc) is 2.68. The van der Waals surface area contributed by atoms with E-state index in [4.69, 9.17) is 4.99 Å². The summed E-state index contributed by atoms with van der Waals surface area (Å²) in [5.74, 6) is -0.763. The van der Waals surface area contributed by atoms with E-state index in [1.54, 1.807) is 18.5 Å². The normalized spacial score (nSPS) is 22.9. The van der Waals surface area contributed by atoms with Crippen LogP contribution in [0.5, 0.6) is 0 Å². The number of anilines is 1. The Kier molecular flexibility index (Phi) is 5.10. The Morgan fingerprint density at radius 2 is 1.90 bits per heavy atom. The molecule has 3 heterocycles. The minimum atomic E-state index is -0.619. The lowest BCUT2D eigenvalue weighted by Gasteiger charge is -2.38. The van der Waals surface area contributed by atoms with Crippen molar-refractivity contribution in [3.8, 4) is 0 Å². The Labute approximate surface area is 176 Å². The van der Waals surface area contributed by atoms with Gasteiger partial charge in [0.2, 0.25) is 5.91 Å². The maximum absolute atomic E-state index is 13.4. The molecule has 1 unspecified atom stereocenters. The molecule has 0 aromatic carbocycles. The van der Waals surface area contributed by atoms with Crippen molar-refractivity contribution in [2.75, 3.05) is 5.32 Å². The number of carbonyl (C=O) groups excluding carboxylic acids is 2. The van der Waals surface area contributed by atoms with E-state index in [-0.39, 0.29) is 17.1 Å². The van der Waals surface area contributed by atoms with Crippen LogP contribution >= 0.6 is 0 Å². The van der Waals surface area contributed by atoms with Crippen molar-refractivity contribution < 1.29 is 9.59 Å². The summed E-state index contributed by atoms with van der Waals surface area (Å²) < 4.78 is 0. The molecule has 30 heavy (non-hydrogen) atoms. The lowest BCUT2D eigenvalue weighted by atomic mass is 9.67. The minimum Gasteiger partial charge on any atom is -0.310 e. The number of carbonyl (C=O) groups is 2. The molecule has 6 nitrogen and oxygen atoms in total. The smallest absolute Gasteiger partial charge is 0.235 e. The second-order valence-corrected chi connectivity index (χ2v) is 8.97. The van der Waals surface area contributed by atoms with Crippen LogP contribution in [0.2, 0.25) is 0 Å². The molecule has 4 rings (SSSR count). The van der Waals surface area contributed by atoms with Crippen molar-refractivity contribution in [3.63, 3.8) is 0 Å². The quantitative estimate of drug-likeness (QED) is 0.832. The lowest BCUT2D eigenvalue weighted by molar-refractivity contribution is -0.119. The molecule has 0 saturated carbocycles. The highest BCUT2D eigenvalue weighted by atomic mass is 16.2. The molecule has 2 aromatic rings. The molecular weight excluding hydrogens is 376 g/mol. The molecule has 0 spiro atoms. The minimum absolute atomic E-state index is 0.0550. The van der Waals surface area contributed by atoms with Crippen molar-refractivity contribution in [1.29, 1.82) is 0 Å². The van der Waals surface area contributed by atoms with Crippen molar-refractivity contribution in [2.24, 2.45) is 16.3 Å². The number of rotatable bonds is 3. The van der Waals surface area contributed by atoms with E-state index >= 15 is 0 Å². The molecule has 1 amide bonds. The van der Waals surface area contributed by atoms with Crippen LogP contribution in [0.1, 0.15) is 50.8 Å². The molecule has 1 N–H and O–H groups in total. The third-order valence-electron chi connectivity index (χ3n) is 5.75. The first-order chi connectivity index (χ1) is 14.2. The fraction of sp³-hybridized carbons (Fsp3) is 0.375. The highest BCUT2D eigenvalue weighted by molar-refractivity contribution is 6.13. The number of aliphatic imine (C=N–C) groups is 1. The van der Waals surface area contributed by atoms with E-state index < -0.39 is 11.8 Å². The van der Waals surface area contributed by atoms with E-state index in [0.717, 1.165) is 11.3 Å². The van der Waals surface area contributed by atoms with E-state index in [1.807, 2.05) is 38.1 Å². The molecule has 154 valence electrons. The molecular formula is C24H26N4O2. The predicted molar refractivity (Wildman–Crippen MR) is 116 cm³/mol. The lowest BCUT2D eigenvalue weighted by Crippen LogP contribution is -2.41. The first-order valence-electron chi connectivity index (χ1n) is 10.2. The largest absolute Gasteiger partial charge is 0.310 e. The van der Waals surface area contributed by atoms with Crippen LogP contribution in [-0.4, -0.2) is 27.4 Å². The molecule has 2 aromatic heterocycles. The molecule has 0 fully saturated rings. The number of Topliss-reactive ketones (excluding diaryl/α,β-unsaturated/α-hetero) is 1. The number of amides is 1. The summed E-state index contributed by atoms with van der Waals surface area (Å²) in [4.78, 5) is 40.1. The Morgan fingerprint density at radius 1 is 1.10 bits per heavy atom. The molecule has 1 aliphatic heterocycles. The fourth-order valence-electron chi connectivity index (χ4n) is 4.41. The number of nitrogens with zero attached hydrogens (tertiary/aromatic N) is 3. The van der Waals surface area contributed by atoms with Gasteiger partial charge in [-0.05, 0) is 49.4 Å². The maximum Gasteiger partial charge on any atom is 0.235 e. The number of aryl methyl sites for hydroxylation is 1. The second kappa shape index (κ2) is 7.59. The summed E-state index contributed by atoms with van der Waals surface area (Å²) in [6.07, 6.45) is 4.56. The van der Waals surface area contributed by atoms with Gasteiger partial charge in [-0.15, -0.1) is 0 Å². The molecule has 0 bridgehead atoms. The van der Waals surface area contributed by atoms with Crippen LogP contribution in [0, 0.1) is 18.3 Å². The molecule has 0 radical (unpaired) electrons. The van der Waals surface area contributed by atoms with Gasteiger partial charge < -0.3 is 5.32 Å². The second-order valence-electron chi connectivity index (χ2n) is 8.97. The van der Waals surface area contributed by atoms with E-state index in [9.17, 15) is 9.59 Å². The number of aromatic nitrogens is 2. The molecule has 2 atom stereocenters. The SMILES string of the molecule is CC1=NC2=C(C(=O)CC(C)(C)C2)[C@@H](c2ccccn2)C1C(=O)Nc1ccc(C)cn1. The molecule has 1 aliphatic carbocycles. The van der Waals surface area contributed by atoms with Crippen molar-refractivity contribution >= 4 is 23.2 Å². The van der Waals surface area contributed by atoms with Crippen LogP contribution in [0.15, 0.2) is 59.0 Å². The van der Waals surface area contributed by atoms with Gasteiger partial charge >= 0.3 is 0 Å². The summed E-state index contributed by atoms with van der Waals surface area (Å²) in [5, 5.41) is 2.90. The number of hydrogen-bond donors (Lipinski definition) is 1. The summed E-state index contributed by atoms with van der Waals surface area (Å²) >= 11 is 0. The van der Waals surface area contributed by atoms with Gasteiger partial charge in [-0.1, -0.05) is 26.0 Å². The topological polar surface area (TPSA) is 84.3 Å². The van der Waals surface area contributed by atoms with E-state index in [1.165, 1.54) is 0 Å². The number of nitrogens with one attached hydrogen (secondary N) is 1. The van der Waals surface area contributed by atoms with Crippen LogP contribution in [-0.2, 0) is 9.59 Å². The number of allylic oxidation sites excluding steroid dienone is 2. The van der Waals surface area contributed by atoms with Gasteiger partial charge in [0, 0.05) is 47.4 Å². The zero-order valence-corrected chi connectivity index (χ0v) is 17.8. The Morgan fingerprint density at radius 3 is 2.57 bits per heavy atom. The Bertz CT molecular complexity index is 1050. The first kappa shape index (κ1) is 20.1. The highest BCUT2D eigenvalue weighted by Crippen LogP contribution is 2.47. The zero-order valence-electron chi connectivity index (χ0n) is 17.8. The van der Waals surface area contributed by atoms with Crippen LogP contribution < -0.4 is 5.32 Å². The van der Waals surface area contributed by atoms with Gasteiger partial charge in [0.1, 0.15) is 5.82 Å². The summed E-state index contributed by atoms with van der Waals surface area (Å²) in [6, 6.07) is 9.27. The van der Waals surface area contributed by atoms with Gasteiger partial charge in [0.15, 0.2) is 5.78 Å². The van der Waals surface area contributed by atoms with Crippen LogP contribution in [0.3, 0.4) is 0 Å². The van der Waals surface area contributed by atoms with Gasteiger partial charge in [-0.25, -0.2) is 4.98 Å². The van der Waals surface area contributed by atoms with Crippen LogP contribution in [0.4, 0.5) is 5.82 Å². The van der Waals surface area contributed by atoms with Crippen molar-refractivity contribution in [2.45, 2.75) is 46.5 Å². The zero-order chi connectivity index (χ0) is 21.5. The number of hydrogen-bond acceptors (Lipinski definition) is 5. The molecule has 0 saturated heterocycles. The van der Waals surface area contributed by atoms with Gasteiger partial charge in [-0.3, -0.25) is 19.6 Å². The summed E-state index contributed by atoms with van der Waals surface area (Å²) in [5.41, 5.74) is 3.70. The summed E-state index contributed by atoms with van der Waals surface area (Å²) in [7, 11) is 0. The predicted octanol–water partition coefficient (Wildman–Crippen LogP) is 4.24. The van der Waals surface area contributed by atoms with E-state index in [2.05, 4.69) is 29.1 Å². The number of ketones is 1. The molecule has 6 heteroatoms. The Hall–Kier alpha value is -3.15.